The summed E-state index contributed by atoms with van der Waals surface area (Å²) in [5, 5.41) is 0. The lowest BCUT2D eigenvalue weighted by Crippen LogP contribution is -2.42. The van der Waals surface area contributed by atoms with Gasteiger partial charge in [-0.05, 0) is 79.7 Å². The molecular formula is C20H36N2O3S. The van der Waals surface area contributed by atoms with E-state index >= 15 is 0 Å². The Balaban J connectivity index is 2.88. The van der Waals surface area contributed by atoms with Gasteiger partial charge in [-0.3, -0.25) is 9.08 Å². The summed E-state index contributed by atoms with van der Waals surface area (Å²) in [7, 11) is -3.74. The summed E-state index contributed by atoms with van der Waals surface area (Å²) in [4.78, 5) is 4.91. The Kier molecular flexibility index (Phi) is 8.11. The minimum absolute atomic E-state index is 0.193. The first-order valence-corrected chi connectivity index (χ1v) is 10.8. The lowest BCUT2D eigenvalue weighted by molar-refractivity contribution is 0.139. The lowest BCUT2D eigenvalue weighted by Gasteiger charge is -2.33. The fraction of sp³-hybridized carbons (Fsp3) is 0.700. The zero-order valence-electron chi connectivity index (χ0n) is 17.6. The Bertz CT molecular complexity index is 639. The molecule has 0 amide bonds. The molecule has 150 valence electrons. The summed E-state index contributed by atoms with van der Waals surface area (Å²) in [6.45, 7) is 18.9. The maximum Gasteiger partial charge on any atom is 0.297 e. The predicted octanol–water partition coefficient (Wildman–Crippen LogP) is 4.14. The molecule has 6 heteroatoms. The summed E-state index contributed by atoms with van der Waals surface area (Å²) >= 11 is 0. The number of hydrogen-bond donors (Lipinski definition) is 0. The molecule has 1 aromatic carbocycles. The number of likely N-dealkylation sites (N-methyl/N-ethyl adjacent to an activating group) is 1. The number of nitrogens with zero attached hydrogens (tertiary/aromatic N) is 2. The van der Waals surface area contributed by atoms with Crippen molar-refractivity contribution in [1.29, 1.82) is 0 Å². The van der Waals surface area contributed by atoms with Gasteiger partial charge in [0.15, 0.2) is 0 Å². The number of benzene rings is 1. The average molecular weight is 385 g/mol. The van der Waals surface area contributed by atoms with Gasteiger partial charge in [-0.15, -0.1) is 0 Å². The van der Waals surface area contributed by atoms with Crippen LogP contribution in [0.4, 0.5) is 5.69 Å². The Labute approximate surface area is 160 Å². The van der Waals surface area contributed by atoms with Crippen LogP contribution in [-0.2, 0) is 14.3 Å². The topological polar surface area (TPSA) is 49.9 Å². The van der Waals surface area contributed by atoms with Gasteiger partial charge in [0.05, 0.1) is 10.5 Å². The molecule has 0 aromatic heterocycles. The molecule has 0 unspecified atom stereocenters. The molecule has 0 aliphatic rings. The normalized spacial score (nSPS) is 13.0. The first-order valence-electron chi connectivity index (χ1n) is 9.43. The van der Waals surface area contributed by atoms with Crippen LogP contribution in [0.5, 0.6) is 0 Å². The van der Waals surface area contributed by atoms with Crippen LogP contribution >= 0.6 is 0 Å². The van der Waals surface area contributed by atoms with Crippen LogP contribution in [-0.4, -0.2) is 50.6 Å². The van der Waals surface area contributed by atoms with Gasteiger partial charge in [0.2, 0.25) is 0 Å². The zero-order valence-corrected chi connectivity index (χ0v) is 18.4. The third-order valence-corrected chi connectivity index (χ3v) is 5.76. The van der Waals surface area contributed by atoms with E-state index < -0.39 is 15.7 Å². The summed E-state index contributed by atoms with van der Waals surface area (Å²) in [5.74, 6) is 0. The molecule has 0 aliphatic heterocycles. The highest BCUT2D eigenvalue weighted by atomic mass is 32.2. The van der Waals surface area contributed by atoms with Gasteiger partial charge in [-0.25, -0.2) is 0 Å². The van der Waals surface area contributed by atoms with Crippen LogP contribution < -0.4 is 4.90 Å². The number of rotatable bonds is 9. The summed E-state index contributed by atoms with van der Waals surface area (Å²) < 4.78 is 29.9. The van der Waals surface area contributed by atoms with Gasteiger partial charge >= 0.3 is 0 Å². The van der Waals surface area contributed by atoms with E-state index in [-0.39, 0.29) is 4.90 Å². The van der Waals surface area contributed by atoms with Crippen molar-refractivity contribution in [3.8, 4) is 0 Å². The van der Waals surface area contributed by atoms with Gasteiger partial charge in [-0.2, -0.15) is 8.42 Å². The molecular weight excluding hydrogens is 348 g/mol. The van der Waals surface area contributed by atoms with E-state index in [1.54, 1.807) is 32.9 Å². The fourth-order valence-electron chi connectivity index (χ4n) is 3.02. The minimum atomic E-state index is -3.74. The maximum absolute atomic E-state index is 12.3. The fourth-order valence-corrected chi connectivity index (χ4v) is 4.24. The molecule has 0 bridgehead atoms. The molecule has 0 fully saturated rings. The average Bonchev–Trinajstić information content (AvgIpc) is 2.48. The standard InChI is InChI=1S/C20H36N2O3S/c1-9-21(14-15-22(16(2)3)17(4)5)18-10-12-19(13-11-18)26(23,24)25-20(6,7)8/h10-13,16-17H,9,14-15H2,1-8H3. The van der Waals surface area contributed by atoms with E-state index in [0.717, 1.165) is 25.3 Å². The van der Waals surface area contributed by atoms with Crippen LogP contribution in [0.1, 0.15) is 55.4 Å². The van der Waals surface area contributed by atoms with E-state index in [2.05, 4.69) is 44.4 Å². The van der Waals surface area contributed by atoms with Crippen molar-refractivity contribution in [3.05, 3.63) is 24.3 Å². The molecule has 0 heterocycles. The number of anilines is 1. The quantitative estimate of drug-likeness (QED) is 0.599. The maximum atomic E-state index is 12.3. The van der Waals surface area contributed by atoms with Crippen molar-refractivity contribution in [2.75, 3.05) is 24.5 Å². The van der Waals surface area contributed by atoms with Crippen LogP contribution in [0.25, 0.3) is 0 Å². The Morgan fingerprint density at radius 2 is 1.46 bits per heavy atom. The van der Waals surface area contributed by atoms with Gasteiger partial charge in [-0.1, -0.05) is 0 Å². The van der Waals surface area contributed by atoms with Crippen molar-refractivity contribution < 1.29 is 12.6 Å². The van der Waals surface area contributed by atoms with E-state index in [1.807, 2.05) is 12.1 Å². The highest BCUT2D eigenvalue weighted by molar-refractivity contribution is 7.86. The number of hydrogen-bond acceptors (Lipinski definition) is 5. The van der Waals surface area contributed by atoms with Crippen molar-refractivity contribution in [2.24, 2.45) is 0 Å². The van der Waals surface area contributed by atoms with E-state index in [1.165, 1.54) is 0 Å². The zero-order chi connectivity index (χ0) is 20.1. The second-order valence-electron chi connectivity index (χ2n) is 8.15. The second-order valence-corrected chi connectivity index (χ2v) is 9.70. The molecule has 1 aromatic rings. The molecule has 1 rings (SSSR count). The Morgan fingerprint density at radius 1 is 0.962 bits per heavy atom. The van der Waals surface area contributed by atoms with Crippen molar-refractivity contribution >= 4 is 15.8 Å². The van der Waals surface area contributed by atoms with Crippen LogP contribution in [0.2, 0.25) is 0 Å². The molecule has 26 heavy (non-hydrogen) atoms. The van der Waals surface area contributed by atoms with Gasteiger partial charge in [0, 0.05) is 37.4 Å². The molecule has 0 saturated heterocycles. The first kappa shape index (κ1) is 22.9. The summed E-state index contributed by atoms with van der Waals surface area (Å²) in [5.41, 5.74) is 0.277. The molecule has 5 nitrogen and oxygen atoms in total. The van der Waals surface area contributed by atoms with Crippen LogP contribution in [0.15, 0.2) is 29.2 Å². The third kappa shape index (κ3) is 6.89. The Morgan fingerprint density at radius 3 is 1.85 bits per heavy atom. The monoisotopic (exact) mass is 384 g/mol. The molecule has 0 N–H and O–H groups in total. The lowest BCUT2D eigenvalue weighted by atomic mass is 10.2. The molecule has 0 saturated carbocycles. The van der Waals surface area contributed by atoms with Gasteiger partial charge in [0.25, 0.3) is 10.1 Å². The van der Waals surface area contributed by atoms with Crippen LogP contribution in [0.3, 0.4) is 0 Å². The predicted molar refractivity (Wildman–Crippen MR) is 109 cm³/mol. The molecule has 0 atom stereocenters. The van der Waals surface area contributed by atoms with Crippen LogP contribution in [0, 0.1) is 0 Å². The van der Waals surface area contributed by atoms with Crippen molar-refractivity contribution in [1.82, 2.24) is 4.90 Å². The molecule has 0 radical (unpaired) electrons. The first-order chi connectivity index (χ1) is 11.9. The largest absolute Gasteiger partial charge is 0.371 e. The highest BCUT2D eigenvalue weighted by Gasteiger charge is 2.24. The van der Waals surface area contributed by atoms with E-state index in [0.29, 0.717) is 12.1 Å². The van der Waals surface area contributed by atoms with E-state index in [4.69, 9.17) is 4.18 Å². The Hall–Kier alpha value is -1.11. The van der Waals surface area contributed by atoms with E-state index in [9.17, 15) is 8.42 Å². The van der Waals surface area contributed by atoms with Gasteiger partial charge < -0.3 is 4.90 Å². The summed E-state index contributed by atoms with van der Waals surface area (Å²) in [6.07, 6.45) is 0. The summed E-state index contributed by atoms with van der Waals surface area (Å²) in [6, 6.07) is 7.96. The van der Waals surface area contributed by atoms with Crippen molar-refractivity contribution in [2.45, 2.75) is 78.0 Å². The van der Waals surface area contributed by atoms with Crippen molar-refractivity contribution in [3.63, 3.8) is 0 Å². The second kappa shape index (κ2) is 9.20. The minimum Gasteiger partial charge on any atom is -0.371 e. The third-order valence-electron chi connectivity index (χ3n) is 4.19. The highest BCUT2D eigenvalue weighted by Crippen LogP contribution is 2.23. The van der Waals surface area contributed by atoms with Gasteiger partial charge in [0.1, 0.15) is 0 Å². The SMILES string of the molecule is CCN(CCN(C(C)C)C(C)C)c1ccc(S(=O)(=O)OC(C)(C)C)cc1. The molecule has 0 aliphatic carbocycles. The molecule has 0 spiro atoms. The smallest absolute Gasteiger partial charge is 0.297 e.